The molecule has 4 aromatic rings. The van der Waals surface area contributed by atoms with Crippen LogP contribution in [-0.4, -0.2) is 24.7 Å². The number of benzene rings is 3. The number of halogens is 2. The number of fused-ring (bicyclic) bond motifs is 1. The van der Waals surface area contributed by atoms with Crippen LogP contribution in [0, 0.1) is 0 Å². The van der Waals surface area contributed by atoms with E-state index in [2.05, 4.69) is 26.5 Å². The zero-order chi connectivity index (χ0) is 23.2. The molecule has 0 saturated heterocycles. The topological polar surface area (TPSA) is 77.0 Å². The van der Waals surface area contributed by atoms with Gasteiger partial charge in [-0.25, -0.2) is 10.2 Å². The second kappa shape index (κ2) is 10.6. The van der Waals surface area contributed by atoms with Gasteiger partial charge in [0.1, 0.15) is 16.4 Å². The average molecular weight is 544 g/mol. The maximum atomic E-state index is 12.8. The second-order valence-electron chi connectivity index (χ2n) is 6.71. The van der Waals surface area contributed by atoms with E-state index in [1.165, 1.54) is 17.6 Å². The summed E-state index contributed by atoms with van der Waals surface area (Å²) in [4.78, 5) is 25.1. The highest BCUT2D eigenvalue weighted by Crippen LogP contribution is 2.36. The van der Waals surface area contributed by atoms with Crippen molar-refractivity contribution >= 4 is 67.0 Å². The number of hydrogen-bond donors (Lipinski definition) is 1. The predicted octanol–water partition coefficient (Wildman–Crippen LogP) is 6.07. The fraction of sp³-hybridized carbons (Fsp3) is 0.0417. The van der Waals surface area contributed by atoms with Crippen molar-refractivity contribution in [2.75, 3.05) is 6.61 Å². The van der Waals surface area contributed by atoms with Crippen LogP contribution < -0.4 is 14.9 Å². The third kappa shape index (κ3) is 5.78. The van der Waals surface area contributed by atoms with E-state index in [-0.39, 0.29) is 6.61 Å². The van der Waals surface area contributed by atoms with Crippen molar-refractivity contribution in [3.05, 3.63) is 92.7 Å². The van der Waals surface area contributed by atoms with Crippen molar-refractivity contribution in [2.45, 2.75) is 0 Å². The Morgan fingerprint density at radius 2 is 1.85 bits per heavy atom. The number of esters is 1. The quantitative estimate of drug-likeness (QED) is 0.133. The molecule has 6 nitrogen and oxygen atoms in total. The SMILES string of the molecule is O=C(COc1cccc(Br)c1)N/N=C/c1ccccc1OC(=O)c1sc2ccccc2c1Cl. The molecule has 0 aliphatic carbocycles. The Hall–Kier alpha value is -3.20. The highest BCUT2D eigenvalue weighted by Gasteiger charge is 2.19. The fourth-order valence-electron chi connectivity index (χ4n) is 2.88. The molecule has 0 aliphatic rings. The highest BCUT2D eigenvalue weighted by molar-refractivity contribution is 9.10. The lowest BCUT2D eigenvalue weighted by Crippen LogP contribution is -2.24. The van der Waals surface area contributed by atoms with Gasteiger partial charge in [-0.1, -0.05) is 63.9 Å². The van der Waals surface area contributed by atoms with Gasteiger partial charge in [-0.2, -0.15) is 5.10 Å². The Kier molecular flexibility index (Phi) is 7.39. The molecule has 3 aromatic carbocycles. The molecule has 1 heterocycles. The molecule has 0 aliphatic heterocycles. The van der Waals surface area contributed by atoms with Crippen LogP contribution in [0.1, 0.15) is 15.2 Å². The van der Waals surface area contributed by atoms with Crippen molar-refractivity contribution in [2.24, 2.45) is 5.10 Å². The summed E-state index contributed by atoms with van der Waals surface area (Å²) in [5.74, 6) is -0.147. The number of para-hydroxylation sites is 1. The summed E-state index contributed by atoms with van der Waals surface area (Å²) in [6, 6.07) is 21.5. The van der Waals surface area contributed by atoms with Crippen LogP contribution in [-0.2, 0) is 4.79 Å². The molecule has 33 heavy (non-hydrogen) atoms. The first-order chi connectivity index (χ1) is 16.0. The number of hydrazone groups is 1. The number of amides is 1. The fourth-order valence-corrected chi connectivity index (χ4v) is 4.65. The van der Waals surface area contributed by atoms with Crippen molar-refractivity contribution in [1.82, 2.24) is 5.43 Å². The molecule has 1 aromatic heterocycles. The second-order valence-corrected chi connectivity index (χ2v) is 9.05. The Morgan fingerprint density at radius 1 is 1.06 bits per heavy atom. The molecule has 0 radical (unpaired) electrons. The first-order valence-corrected chi connectivity index (χ1v) is 11.7. The highest BCUT2D eigenvalue weighted by atomic mass is 79.9. The van der Waals surface area contributed by atoms with Crippen LogP contribution in [0.5, 0.6) is 11.5 Å². The summed E-state index contributed by atoms with van der Waals surface area (Å²) in [5.41, 5.74) is 2.90. The summed E-state index contributed by atoms with van der Waals surface area (Å²) in [6.45, 7) is -0.200. The molecule has 1 N–H and O–H groups in total. The largest absolute Gasteiger partial charge is 0.484 e. The molecular weight excluding hydrogens is 528 g/mol. The zero-order valence-corrected chi connectivity index (χ0v) is 20.1. The van der Waals surface area contributed by atoms with Gasteiger partial charge in [0.05, 0.1) is 11.2 Å². The van der Waals surface area contributed by atoms with Crippen LogP contribution in [0.4, 0.5) is 0 Å². The van der Waals surface area contributed by atoms with Crippen molar-refractivity contribution in [1.29, 1.82) is 0 Å². The molecule has 0 bridgehead atoms. The first kappa shape index (κ1) is 23.0. The predicted molar refractivity (Wildman–Crippen MR) is 134 cm³/mol. The number of thiophene rings is 1. The number of hydrogen-bond acceptors (Lipinski definition) is 6. The van der Waals surface area contributed by atoms with Gasteiger partial charge in [-0.05, 0) is 36.4 Å². The average Bonchev–Trinajstić information content (AvgIpc) is 3.16. The van der Waals surface area contributed by atoms with E-state index in [0.29, 0.717) is 27.0 Å². The molecular formula is C24H16BrClN2O4S. The van der Waals surface area contributed by atoms with Gasteiger partial charge in [-0.15, -0.1) is 11.3 Å². The van der Waals surface area contributed by atoms with Gasteiger partial charge in [0.2, 0.25) is 0 Å². The standard InChI is InChI=1S/C24H16BrClN2O4S/c25-16-7-5-8-17(12-16)31-14-21(29)28-27-13-15-6-1-3-10-19(15)32-24(30)23-22(26)18-9-2-4-11-20(18)33-23/h1-13H,14H2,(H,28,29)/b27-13+. The maximum absolute atomic E-state index is 12.8. The Bertz CT molecular complexity index is 1360. The molecule has 4 rings (SSSR count). The van der Waals surface area contributed by atoms with E-state index in [0.717, 1.165) is 14.6 Å². The summed E-state index contributed by atoms with van der Waals surface area (Å²) >= 11 is 11.0. The van der Waals surface area contributed by atoms with E-state index >= 15 is 0 Å². The van der Waals surface area contributed by atoms with E-state index in [9.17, 15) is 9.59 Å². The number of ether oxygens (including phenoxy) is 2. The molecule has 1 amide bonds. The molecule has 0 unspecified atom stereocenters. The number of nitrogens with one attached hydrogen (secondary N) is 1. The van der Waals surface area contributed by atoms with E-state index < -0.39 is 11.9 Å². The van der Waals surface area contributed by atoms with E-state index in [1.807, 2.05) is 30.3 Å². The molecule has 0 fully saturated rings. The third-order valence-corrected chi connectivity index (χ3v) is 6.55. The third-order valence-electron chi connectivity index (χ3n) is 4.40. The van der Waals surface area contributed by atoms with Crippen LogP contribution >= 0.6 is 38.9 Å². The minimum Gasteiger partial charge on any atom is -0.484 e. The number of nitrogens with zero attached hydrogens (tertiary/aromatic N) is 1. The lowest BCUT2D eigenvalue weighted by atomic mass is 10.2. The molecule has 0 spiro atoms. The lowest BCUT2D eigenvalue weighted by Gasteiger charge is -2.07. The zero-order valence-electron chi connectivity index (χ0n) is 17.0. The number of carbonyl (C=O) groups is 2. The molecule has 166 valence electrons. The van der Waals surface area contributed by atoms with Crippen LogP contribution in [0.15, 0.2) is 82.4 Å². The van der Waals surface area contributed by atoms with E-state index in [1.54, 1.807) is 42.5 Å². The minimum absolute atomic E-state index is 0.200. The van der Waals surface area contributed by atoms with Gasteiger partial charge in [0.25, 0.3) is 5.91 Å². The molecule has 9 heteroatoms. The Morgan fingerprint density at radius 3 is 2.67 bits per heavy atom. The van der Waals surface area contributed by atoms with Gasteiger partial charge in [0.15, 0.2) is 6.61 Å². The van der Waals surface area contributed by atoms with Crippen LogP contribution in [0.3, 0.4) is 0 Å². The normalized spacial score (nSPS) is 11.0. The van der Waals surface area contributed by atoms with E-state index in [4.69, 9.17) is 21.1 Å². The molecule has 0 saturated carbocycles. The Balaban J connectivity index is 1.39. The summed E-state index contributed by atoms with van der Waals surface area (Å²) in [7, 11) is 0. The Labute approximate surface area is 206 Å². The van der Waals surface area contributed by atoms with Crippen molar-refractivity contribution in [3.63, 3.8) is 0 Å². The molecule has 0 atom stereocenters. The van der Waals surface area contributed by atoms with Gasteiger partial charge >= 0.3 is 5.97 Å². The van der Waals surface area contributed by atoms with Crippen molar-refractivity contribution < 1.29 is 19.1 Å². The number of rotatable bonds is 7. The van der Waals surface area contributed by atoms with Gasteiger partial charge < -0.3 is 9.47 Å². The van der Waals surface area contributed by atoms with Crippen LogP contribution in [0.25, 0.3) is 10.1 Å². The van der Waals surface area contributed by atoms with Crippen LogP contribution in [0.2, 0.25) is 5.02 Å². The van der Waals surface area contributed by atoms with Gasteiger partial charge in [-0.3, -0.25) is 4.79 Å². The van der Waals surface area contributed by atoms with Gasteiger partial charge in [0, 0.05) is 20.1 Å². The first-order valence-electron chi connectivity index (χ1n) is 9.70. The lowest BCUT2D eigenvalue weighted by molar-refractivity contribution is -0.123. The smallest absolute Gasteiger partial charge is 0.355 e. The summed E-state index contributed by atoms with van der Waals surface area (Å²) in [5, 5.41) is 5.11. The summed E-state index contributed by atoms with van der Waals surface area (Å²) < 4.78 is 12.7. The monoisotopic (exact) mass is 542 g/mol. The summed E-state index contributed by atoms with van der Waals surface area (Å²) in [6.07, 6.45) is 1.39. The minimum atomic E-state index is -0.562. The maximum Gasteiger partial charge on any atom is 0.355 e. The number of carbonyl (C=O) groups excluding carboxylic acids is 2. The van der Waals surface area contributed by atoms with Crippen molar-refractivity contribution in [3.8, 4) is 11.5 Å².